The number of rotatable bonds is 3. The van der Waals surface area contributed by atoms with Gasteiger partial charge in [-0.25, -0.2) is 13.6 Å². The lowest BCUT2D eigenvalue weighted by atomic mass is 10.2. The van der Waals surface area contributed by atoms with Gasteiger partial charge in [0.2, 0.25) is 0 Å². The van der Waals surface area contributed by atoms with Crippen molar-refractivity contribution in [2.24, 2.45) is 0 Å². The summed E-state index contributed by atoms with van der Waals surface area (Å²) in [5.41, 5.74) is -0.253. The van der Waals surface area contributed by atoms with Crippen LogP contribution in [0.3, 0.4) is 0 Å². The van der Waals surface area contributed by atoms with Crippen molar-refractivity contribution < 1.29 is 23.0 Å². The molecule has 3 nitrogen and oxygen atoms in total. The molecule has 82 valence electrons. The summed E-state index contributed by atoms with van der Waals surface area (Å²) in [6.45, 7) is 1.72. The molecule has 0 spiro atoms. The van der Waals surface area contributed by atoms with Crippen LogP contribution in [0.4, 0.5) is 8.78 Å². The Bertz CT molecular complexity index is 377. The van der Waals surface area contributed by atoms with Gasteiger partial charge < -0.3 is 9.47 Å². The normalized spacial score (nSPS) is 9.87. The van der Waals surface area contributed by atoms with Crippen LogP contribution in [0.5, 0.6) is 5.75 Å². The number of carbonyl (C=O) groups excluding carboxylic acids is 1. The van der Waals surface area contributed by atoms with Crippen LogP contribution in [0.1, 0.15) is 17.3 Å². The number of halogens is 2. The minimum atomic E-state index is -0.930. The fourth-order valence-electron chi connectivity index (χ4n) is 1.13. The molecule has 1 aromatic carbocycles. The molecule has 0 fully saturated rings. The molecule has 0 saturated carbocycles. The van der Waals surface area contributed by atoms with E-state index >= 15 is 0 Å². The highest BCUT2D eigenvalue weighted by molar-refractivity contribution is 5.92. The first-order chi connectivity index (χ1) is 7.10. The third-order valence-corrected chi connectivity index (χ3v) is 1.71. The van der Waals surface area contributed by atoms with Crippen molar-refractivity contribution in [1.29, 1.82) is 0 Å². The van der Waals surface area contributed by atoms with Crippen LogP contribution in [0.15, 0.2) is 12.1 Å². The first kappa shape index (κ1) is 11.4. The minimum absolute atomic E-state index is 0.125. The van der Waals surface area contributed by atoms with Crippen LogP contribution in [0.25, 0.3) is 0 Å². The van der Waals surface area contributed by atoms with Crippen molar-refractivity contribution in [2.75, 3.05) is 13.7 Å². The summed E-state index contributed by atoms with van der Waals surface area (Å²) in [6.07, 6.45) is 0. The third-order valence-electron chi connectivity index (χ3n) is 1.71. The van der Waals surface area contributed by atoms with Crippen LogP contribution in [0, 0.1) is 11.6 Å². The molecule has 0 aromatic heterocycles. The molecule has 1 aromatic rings. The van der Waals surface area contributed by atoms with Gasteiger partial charge in [0, 0.05) is 6.07 Å². The molecule has 0 N–H and O–H groups in total. The molecule has 0 bridgehead atoms. The molecule has 0 saturated heterocycles. The second kappa shape index (κ2) is 4.72. The van der Waals surface area contributed by atoms with Gasteiger partial charge in [0.1, 0.15) is 11.4 Å². The molecule has 0 unspecified atom stereocenters. The Balaban J connectivity index is 3.20. The predicted octanol–water partition coefficient (Wildman–Crippen LogP) is 2.15. The number of carbonyl (C=O) groups is 1. The van der Waals surface area contributed by atoms with Crippen molar-refractivity contribution in [3.05, 3.63) is 29.3 Å². The summed E-state index contributed by atoms with van der Waals surface area (Å²) in [5.74, 6) is -2.90. The van der Waals surface area contributed by atoms with Gasteiger partial charge in [-0.3, -0.25) is 0 Å². The van der Waals surface area contributed by atoms with Gasteiger partial charge in [0.05, 0.1) is 13.7 Å². The number of benzene rings is 1. The molecular weight excluding hydrogens is 206 g/mol. The Morgan fingerprint density at radius 1 is 1.40 bits per heavy atom. The van der Waals surface area contributed by atoms with E-state index in [9.17, 15) is 13.6 Å². The van der Waals surface area contributed by atoms with E-state index in [0.717, 1.165) is 6.07 Å². The van der Waals surface area contributed by atoms with Gasteiger partial charge in [-0.2, -0.15) is 0 Å². The van der Waals surface area contributed by atoms with Gasteiger partial charge in [0.15, 0.2) is 11.6 Å². The van der Waals surface area contributed by atoms with E-state index in [4.69, 9.17) is 0 Å². The monoisotopic (exact) mass is 216 g/mol. The summed E-state index contributed by atoms with van der Waals surface area (Å²) in [5, 5.41) is 0. The Hall–Kier alpha value is -1.65. The molecule has 0 heterocycles. The molecular formula is C10H10F2O3. The van der Waals surface area contributed by atoms with Crippen molar-refractivity contribution in [1.82, 2.24) is 0 Å². The second-order valence-corrected chi connectivity index (χ2v) is 2.69. The van der Waals surface area contributed by atoms with Crippen LogP contribution in [0.2, 0.25) is 0 Å². The molecule has 15 heavy (non-hydrogen) atoms. The molecule has 0 radical (unpaired) electrons. The molecule has 0 amide bonds. The summed E-state index contributed by atoms with van der Waals surface area (Å²) in [6, 6.07) is 1.52. The van der Waals surface area contributed by atoms with Gasteiger partial charge in [-0.15, -0.1) is 0 Å². The number of hydrogen-bond donors (Lipinski definition) is 0. The van der Waals surface area contributed by atoms with Crippen molar-refractivity contribution >= 4 is 5.97 Å². The van der Waals surface area contributed by atoms with E-state index in [1.807, 2.05) is 0 Å². The highest BCUT2D eigenvalue weighted by atomic mass is 19.1. The number of ether oxygens (including phenoxy) is 2. The van der Waals surface area contributed by atoms with Gasteiger partial charge in [0.25, 0.3) is 0 Å². The second-order valence-electron chi connectivity index (χ2n) is 2.69. The average molecular weight is 216 g/mol. The van der Waals surface area contributed by atoms with E-state index < -0.39 is 17.6 Å². The first-order valence-corrected chi connectivity index (χ1v) is 4.30. The molecule has 5 heteroatoms. The molecule has 0 atom stereocenters. The van der Waals surface area contributed by atoms with E-state index in [1.54, 1.807) is 6.92 Å². The minimum Gasteiger partial charge on any atom is -0.493 e. The fourth-order valence-corrected chi connectivity index (χ4v) is 1.13. The number of methoxy groups -OCH3 is 1. The maximum Gasteiger partial charge on any atom is 0.342 e. The number of hydrogen-bond acceptors (Lipinski definition) is 3. The van der Waals surface area contributed by atoms with Crippen molar-refractivity contribution in [2.45, 2.75) is 6.92 Å². The maximum absolute atomic E-state index is 13.1. The zero-order valence-corrected chi connectivity index (χ0v) is 8.34. The Kier molecular flexibility index (Phi) is 3.60. The fraction of sp³-hybridized carbons (Fsp3) is 0.300. The summed E-state index contributed by atoms with van der Waals surface area (Å²) >= 11 is 0. The lowest BCUT2D eigenvalue weighted by Crippen LogP contribution is -2.08. The van der Waals surface area contributed by atoms with Gasteiger partial charge in [-0.1, -0.05) is 0 Å². The van der Waals surface area contributed by atoms with Crippen LogP contribution >= 0.6 is 0 Å². The zero-order chi connectivity index (χ0) is 11.4. The Morgan fingerprint density at radius 3 is 2.60 bits per heavy atom. The third kappa shape index (κ3) is 2.43. The molecule has 0 aliphatic heterocycles. The molecule has 1 rings (SSSR count). The summed E-state index contributed by atoms with van der Waals surface area (Å²) < 4.78 is 35.3. The van der Waals surface area contributed by atoms with Crippen LogP contribution in [-0.4, -0.2) is 19.7 Å². The van der Waals surface area contributed by atoms with E-state index in [2.05, 4.69) is 9.47 Å². The summed E-state index contributed by atoms with van der Waals surface area (Å²) in [7, 11) is 1.19. The van der Waals surface area contributed by atoms with E-state index in [0.29, 0.717) is 6.07 Å². The standard InChI is InChI=1S/C10H10F2O3/c1-3-15-10(13)7-4-6(11)5-8(12)9(7)14-2/h4-5H,3H2,1-2H3. The zero-order valence-electron chi connectivity index (χ0n) is 8.34. The average Bonchev–Trinajstić information content (AvgIpc) is 2.17. The first-order valence-electron chi connectivity index (χ1n) is 4.30. The largest absolute Gasteiger partial charge is 0.493 e. The lowest BCUT2D eigenvalue weighted by molar-refractivity contribution is 0.0521. The SMILES string of the molecule is CCOC(=O)c1cc(F)cc(F)c1OC. The molecule has 0 aliphatic rings. The van der Waals surface area contributed by atoms with Crippen molar-refractivity contribution in [3.8, 4) is 5.75 Å². The predicted molar refractivity (Wildman–Crippen MR) is 48.9 cm³/mol. The topological polar surface area (TPSA) is 35.5 Å². The van der Waals surface area contributed by atoms with Crippen LogP contribution in [-0.2, 0) is 4.74 Å². The highest BCUT2D eigenvalue weighted by Gasteiger charge is 2.18. The lowest BCUT2D eigenvalue weighted by Gasteiger charge is -2.08. The number of esters is 1. The maximum atomic E-state index is 13.1. The van der Waals surface area contributed by atoms with E-state index in [-0.39, 0.29) is 17.9 Å². The van der Waals surface area contributed by atoms with Gasteiger partial charge >= 0.3 is 5.97 Å². The van der Waals surface area contributed by atoms with Crippen LogP contribution < -0.4 is 4.74 Å². The Labute approximate surface area is 85.6 Å². The van der Waals surface area contributed by atoms with E-state index in [1.165, 1.54) is 7.11 Å². The van der Waals surface area contributed by atoms with Gasteiger partial charge in [-0.05, 0) is 13.0 Å². The van der Waals surface area contributed by atoms with Crippen molar-refractivity contribution in [3.63, 3.8) is 0 Å². The molecule has 0 aliphatic carbocycles. The highest BCUT2D eigenvalue weighted by Crippen LogP contribution is 2.24. The summed E-state index contributed by atoms with van der Waals surface area (Å²) in [4.78, 5) is 11.3. The smallest absolute Gasteiger partial charge is 0.342 e. The quantitative estimate of drug-likeness (QED) is 0.726. The Morgan fingerprint density at radius 2 is 2.07 bits per heavy atom.